The summed E-state index contributed by atoms with van der Waals surface area (Å²) in [6, 6.07) is 0. The summed E-state index contributed by atoms with van der Waals surface area (Å²) in [6.45, 7) is 4.27. The highest BCUT2D eigenvalue weighted by Crippen LogP contribution is 2.22. The van der Waals surface area contributed by atoms with Gasteiger partial charge in [0.1, 0.15) is 0 Å². The Kier molecular flexibility index (Phi) is 6.54. The van der Waals surface area contributed by atoms with Crippen molar-refractivity contribution in [3.05, 3.63) is 0 Å². The SMILES string of the molecule is CCCCC(CC)(CC(=O)OC)NC. The molecule has 0 aromatic rings. The van der Waals surface area contributed by atoms with Crippen molar-refractivity contribution in [3.63, 3.8) is 0 Å². The third kappa shape index (κ3) is 4.09. The molecule has 0 saturated heterocycles. The second kappa shape index (κ2) is 6.82. The number of hydrogen-bond acceptors (Lipinski definition) is 3. The summed E-state index contributed by atoms with van der Waals surface area (Å²) in [5.41, 5.74) is -0.0664. The minimum Gasteiger partial charge on any atom is -0.469 e. The van der Waals surface area contributed by atoms with E-state index in [1.807, 2.05) is 7.05 Å². The zero-order chi connectivity index (χ0) is 11.0. The quantitative estimate of drug-likeness (QED) is 0.641. The molecule has 0 radical (unpaired) electrons. The first-order chi connectivity index (χ1) is 6.64. The lowest BCUT2D eigenvalue weighted by Gasteiger charge is -2.31. The fourth-order valence-corrected chi connectivity index (χ4v) is 1.64. The van der Waals surface area contributed by atoms with Crippen LogP contribution in [0.15, 0.2) is 0 Å². The smallest absolute Gasteiger partial charge is 0.307 e. The van der Waals surface area contributed by atoms with Gasteiger partial charge in [-0.05, 0) is 19.9 Å². The Bertz CT molecular complexity index is 165. The van der Waals surface area contributed by atoms with E-state index in [0.29, 0.717) is 6.42 Å². The van der Waals surface area contributed by atoms with Gasteiger partial charge < -0.3 is 10.1 Å². The van der Waals surface area contributed by atoms with Gasteiger partial charge in [-0.15, -0.1) is 0 Å². The molecule has 0 amide bonds. The first-order valence-electron chi connectivity index (χ1n) is 5.39. The van der Waals surface area contributed by atoms with Gasteiger partial charge in [0.05, 0.1) is 13.5 Å². The lowest BCUT2D eigenvalue weighted by Crippen LogP contribution is -2.44. The summed E-state index contributed by atoms with van der Waals surface area (Å²) in [5, 5.41) is 3.26. The Hall–Kier alpha value is -0.570. The minimum atomic E-state index is -0.127. The normalized spacial score (nSPS) is 14.9. The van der Waals surface area contributed by atoms with Crippen LogP contribution in [0.4, 0.5) is 0 Å². The number of carbonyl (C=O) groups is 1. The summed E-state index contributed by atoms with van der Waals surface area (Å²) >= 11 is 0. The van der Waals surface area contributed by atoms with Gasteiger partial charge in [-0.1, -0.05) is 26.7 Å². The molecule has 0 aliphatic heterocycles. The molecule has 3 nitrogen and oxygen atoms in total. The standard InChI is InChI=1S/C11H23NO2/c1-5-7-8-11(6-2,12-3)9-10(13)14-4/h12H,5-9H2,1-4H3. The van der Waals surface area contributed by atoms with Crippen LogP contribution in [0.2, 0.25) is 0 Å². The highest BCUT2D eigenvalue weighted by atomic mass is 16.5. The topological polar surface area (TPSA) is 38.3 Å². The van der Waals surface area contributed by atoms with Crippen molar-refractivity contribution in [2.75, 3.05) is 14.2 Å². The number of carbonyl (C=O) groups excluding carboxylic acids is 1. The average molecular weight is 201 g/mol. The summed E-state index contributed by atoms with van der Waals surface area (Å²) in [6.07, 6.45) is 4.76. The Balaban J connectivity index is 4.28. The van der Waals surface area contributed by atoms with Gasteiger partial charge in [0.25, 0.3) is 0 Å². The summed E-state index contributed by atoms with van der Waals surface area (Å²) in [7, 11) is 3.36. The highest BCUT2D eigenvalue weighted by Gasteiger charge is 2.28. The van der Waals surface area contributed by atoms with E-state index in [2.05, 4.69) is 19.2 Å². The van der Waals surface area contributed by atoms with E-state index in [9.17, 15) is 4.79 Å². The molecule has 14 heavy (non-hydrogen) atoms. The molecule has 0 spiro atoms. The molecule has 0 saturated carbocycles. The first-order valence-corrected chi connectivity index (χ1v) is 5.39. The van der Waals surface area contributed by atoms with Crippen molar-refractivity contribution in [3.8, 4) is 0 Å². The lowest BCUT2D eigenvalue weighted by atomic mass is 9.86. The largest absolute Gasteiger partial charge is 0.469 e. The molecule has 0 rings (SSSR count). The van der Waals surface area contributed by atoms with E-state index in [0.717, 1.165) is 25.7 Å². The van der Waals surface area contributed by atoms with Gasteiger partial charge in [-0.25, -0.2) is 0 Å². The van der Waals surface area contributed by atoms with Crippen LogP contribution in [-0.2, 0) is 9.53 Å². The van der Waals surface area contributed by atoms with Crippen molar-refractivity contribution in [1.82, 2.24) is 5.32 Å². The molecule has 0 aromatic carbocycles. The third-order valence-corrected chi connectivity index (χ3v) is 2.93. The molecule has 84 valence electrons. The molecule has 1 N–H and O–H groups in total. The molecule has 0 aromatic heterocycles. The van der Waals surface area contributed by atoms with E-state index in [1.165, 1.54) is 7.11 Å². The Morgan fingerprint density at radius 2 is 2.07 bits per heavy atom. The maximum Gasteiger partial charge on any atom is 0.307 e. The van der Waals surface area contributed by atoms with E-state index in [4.69, 9.17) is 4.74 Å². The van der Waals surface area contributed by atoms with E-state index < -0.39 is 0 Å². The fraction of sp³-hybridized carbons (Fsp3) is 0.909. The number of unbranched alkanes of at least 4 members (excludes halogenated alkanes) is 1. The number of methoxy groups -OCH3 is 1. The number of nitrogens with one attached hydrogen (secondary N) is 1. The zero-order valence-electron chi connectivity index (χ0n) is 9.85. The summed E-state index contributed by atoms with van der Waals surface area (Å²) in [5.74, 6) is -0.127. The molecule has 0 aliphatic rings. The zero-order valence-corrected chi connectivity index (χ0v) is 9.85. The van der Waals surface area contributed by atoms with Gasteiger partial charge in [-0.2, -0.15) is 0 Å². The molecule has 0 bridgehead atoms. The lowest BCUT2D eigenvalue weighted by molar-refractivity contribution is -0.142. The molecular weight excluding hydrogens is 178 g/mol. The van der Waals surface area contributed by atoms with Crippen LogP contribution < -0.4 is 5.32 Å². The predicted molar refractivity (Wildman–Crippen MR) is 58.2 cm³/mol. The number of hydrogen-bond donors (Lipinski definition) is 1. The number of ether oxygens (including phenoxy) is 1. The van der Waals surface area contributed by atoms with Crippen LogP contribution in [0.5, 0.6) is 0 Å². The molecule has 0 aliphatic carbocycles. The van der Waals surface area contributed by atoms with Crippen molar-refractivity contribution < 1.29 is 9.53 Å². The van der Waals surface area contributed by atoms with Gasteiger partial charge >= 0.3 is 5.97 Å². The number of esters is 1. The summed E-state index contributed by atoms with van der Waals surface area (Å²) < 4.78 is 4.71. The van der Waals surface area contributed by atoms with Crippen molar-refractivity contribution in [2.24, 2.45) is 0 Å². The third-order valence-electron chi connectivity index (χ3n) is 2.93. The predicted octanol–water partition coefficient (Wildman–Crippen LogP) is 2.11. The van der Waals surface area contributed by atoms with E-state index in [1.54, 1.807) is 0 Å². The Morgan fingerprint density at radius 3 is 2.43 bits per heavy atom. The van der Waals surface area contributed by atoms with Gasteiger partial charge in [0.2, 0.25) is 0 Å². The highest BCUT2D eigenvalue weighted by molar-refractivity contribution is 5.70. The Labute approximate surface area is 87.2 Å². The van der Waals surface area contributed by atoms with Gasteiger partial charge in [-0.3, -0.25) is 4.79 Å². The summed E-state index contributed by atoms with van der Waals surface area (Å²) in [4.78, 5) is 11.2. The van der Waals surface area contributed by atoms with Gasteiger partial charge in [0, 0.05) is 5.54 Å². The number of rotatable bonds is 7. The molecule has 0 fully saturated rings. The fourth-order valence-electron chi connectivity index (χ4n) is 1.64. The van der Waals surface area contributed by atoms with Crippen LogP contribution >= 0.6 is 0 Å². The molecule has 1 atom stereocenters. The monoisotopic (exact) mass is 201 g/mol. The van der Waals surface area contributed by atoms with Gasteiger partial charge in [0.15, 0.2) is 0 Å². The maximum absolute atomic E-state index is 11.2. The van der Waals surface area contributed by atoms with E-state index in [-0.39, 0.29) is 11.5 Å². The van der Waals surface area contributed by atoms with Crippen LogP contribution in [0.1, 0.15) is 46.0 Å². The first kappa shape index (κ1) is 13.4. The van der Waals surface area contributed by atoms with Crippen molar-refractivity contribution in [1.29, 1.82) is 0 Å². The van der Waals surface area contributed by atoms with Crippen LogP contribution in [0.25, 0.3) is 0 Å². The van der Waals surface area contributed by atoms with Crippen LogP contribution in [0, 0.1) is 0 Å². The van der Waals surface area contributed by atoms with Crippen molar-refractivity contribution in [2.45, 2.75) is 51.5 Å². The second-order valence-corrected chi connectivity index (χ2v) is 3.74. The van der Waals surface area contributed by atoms with Crippen LogP contribution in [-0.4, -0.2) is 25.7 Å². The maximum atomic E-state index is 11.2. The molecule has 0 heterocycles. The molecule has 3 heteroatoms. The van der Waals surface area contributed by atoms with Crippen LogP contribution in [0.3, 0.4) is 0 Å². The Morgan fingerprint density at radius 1 is 1.43 bits per heavy atom. The molecule has 1 unspecified atom stereocenters. The average Bonchev–Trinajstić information content (AvgIpc) is 2.24. The molecular formula is C11H23NO2. The minimum absolute atomic E-state index is 0.0664. The van der Waals surface area contributed by atoms with E-state index >= 15 is 0 Å². The second-order valence-electron chi connectivity index (χ2n) is 3.74. The van der Waals surface area contributed by atoms with Crippen molar-refractivity contribution >= 4 is 5.97 Å².